The molecule has 10 nitrogen and oxygen atoms in total. The number of fused-ring (bicyclic) bond motifs is 2. The summed E-state index contributed by atoms with van der Waals surface area (Å²) in [5, 5.41) is 23.3. The van der Waals surface area contributed by atoms with Crippen molar-refractivity contribution in [2.75, 3.05) is 18.5 Å². The average molecular weight is 428 g/mol. The largest absolute Gasteiger partial charge is 0.507 e. The summed E-state index contributed by atoms with van der Waals surface area (Å²) < 4.78 is 0.773. The number of nitrogens with zero attached hydrogens (tertiary/aromatic N) is 2. The van der Waals surface area contributed by atoms with E-state index in [9.17, 15) is 29.4 Å². The van der Waals surface area contributed by atoms with Crippen LogP contribution >= 0.6 is 11.3 Å². The highest BCUT2D eigenvalue weighted by Gasteiger charge is 2.36. The van der Waals surface area contributed by atoms with Gasteiger partial charge >= 0.3 is 17.1 Å². The molecule has 0 saturated heterocycles. The van der Waals surface area contributed by atoms with Crippen LogP contribution in [0.1, 0.15) is 42.8 Å². The van der Waals surface area contributed by atoms with Crippen molar-refractivity contribution in [1.29, 1.82) is 0 Å². The Morgan fingerprint density at radius 2 is 2.03 bits per heavy atom. The summed E-state index contributed by atoms with van der Waals surface area (Å²) in [5.41, 5.74) is 2.89. The molecule has 2 aliphatic rings. The Bertz CT molecular complexity index is 1260. The minimum atomic E-state index is -1.15. The Balaban J connectivity index is 1.46. The van der Waals surface area contributed by atoms with Crippen LogP contribution in [-0.4, -0.2) is 44.8 Å². The number of hydrogen-bond acceptors (Lipinski definition) is 8. The fourth-order valence-corrected chi connectivity index (χ4v) is 5.33. The number of benzene rings is 1. The van der Waals surface area contributed by atoms with E-state index in [2.05, 4.69) is 10.7 Å². The van der Waals surface area contributed by atoms with Crippen LogP contribution in [0.4, 0.5) is 5.00 Å². The first-order chi connectivity index (χ1) is 14.4. The molecule has 4 heterocycles. The van der Waals surface area contributed by atoms with Crippen LogP contribution in [-0.2, 0) is 13.0 Å². The van der Waals surface area contributed by atoms with Gasteiger partial charge in [-0.05, 0) is 30.2 Å². The molecule has 0 saturated carbocycles. The number of carboxylic acids is 1. The maximum atomic E-state index is 12.8. The number of amides is 1. The molecule has 154 valence electrons. The van der Waals surface area contributed by atoms with Gasteiger partial charge in [-0.3, -0.25) is 19.8 Å². The second-order valence-electron chi connectivity index (χ2n) is 7.27. The van der Waals surface area contributed by atoms with Crippen LogP contribution in [0, 0.1) is 0 Å². The molecule has 1 atom stereocenters. The van der Waals surface area contributed by atoms with E-state index >= 15 is 0 Å². The number of hydrogen-bond donors (Lipinski definition) is 4. The van der Waals surface area contributed by atoms with E-state index in [4.69, 9.17) is 0 Å². The van der Waals surface area contributed by atoms with Crippen molar-refractivity contribution in [3.05, 3.63) is 66.0 Å². The van der Waals surface area contributed by atoms with E-state index in [0.717, 1.165) is 26.5 Å². The van der Waals surface area contributed by atoms with E-state index in [1.54, 1.807) is 17.0 Å². The number of carbonyl (C=O) groups is 2. The van der Waals surface area contributed by atoms with Crippen LogP contribution in [0.2, 0.25) is 0 Å². The monoisotopic (exact) mass is 428 g/mol. The van der Waals surface area contributed by atoms with Gasteiger partial charge in [-0.2, -0.15) is 4.68 Å². The molecule has 0 radical (unpaired) electrons. The zero-order valence-corrected chi connectivity index (χ0v) is 16.3. The van der Waals surface area contributed by atoms with Crippen LogP contribution in [0.5, 0.6) is 5.75 Å². The molecular weight excluding hydrogens is 412 g/mol. The molecule has 3 aromatic rings. The Hall–Kier alpha value is -3.44. The van der Waals surface area contributed by atoms with Gasteiger partial charge in [0.1, 0.15) is 10.8 Å². The number of aromatic carboxylic acids is 1. The lowest BCUT2D eigenvalue weighted by molar-refractivity contribution is 0.0694. The molecule has 2 aromatic heterocycles. The van der Waals surface area contributed by atoms with Gasteiger partial charge in [0, 0.05) is 18.0 Å². The molecule has 1 unspecified atom stereocenters. The van der Waals surface area contributed by atoms with Crippen LogP contribution < -0.4 is 21.9 Å². The first-order valence-corrected chi connectivity index (χ1v) is 10.1. The van der Waals surface area contributed by atoms with E-state index in [1.807, 2.05) is 0 Å². The van der Waals surface area contributed by atoms with Crippen molar-refractivity contribution in [3.63, 3.8) is 0 Å². The number of aromatic nitrogens is 1. The Kier molecular flexibility index (Phi) is 4.05. The van der Waals surface area contributed by atoms with Crippen LogP contribution in [0.3, 0.4) is 0 Å². The number of phenols is 1. The normalized spacial score (nSPS) is 17.9. The predicted octanol–water partition coefficient (Wildman–Crippen LogP) is 0.267. The van der Waals surface area contributed by atoms with Gasteiger partial charge in [0.2, 0.25) is 0 Å². The summed E-state index contributed by atoms with van der Waals surface area (Å²) in [6.45, 7) is 1.17. The summed E-state index contributed by atoms with van der Waals surface area (Å²) in [4.78, 5) is 49.6. The first-order valence-electron chi connectivity index (χ1n) is 9.24. The molecule has 0 fully saturated rings. The second-order valence-corrected chi connectivity index (χ2v) is 8.32. The number of rotatable bonds is 5. The summed E-state index contributed by atoms with van der Waals surface area (Å²) in [5.74, 6) is -1.47. The molecule has 4 N–H and O–H groups in total. The van der Waals surface area contributed by atoms with Gasteiger partial charge in [-0.1, -0.05) is 12.1 Å². The molecule has 1 amide bonds. The number of anilines is 1. The minimum absolute atomic E-state index is 0.0441. The molecule has 1 aromatic carbocycles. The molecule has 11 heteroatoms. The standard InChI is InChI=1S/C19H16N4O6S/c24-11-3-1-2-8-6-22(16(25)12(8)11)7-10-14-9(4-5-20-10)13(19(28)29)15(30-14)21-23-17(26)18(23)27/h1-3,10,20-21,24H,4-7H2,(H,28,29). The Labute approximate surface area is 172 Å². The molecule has 30 heavy (non-hydrogen) atoms. The summed E-state index contributed by atoms with van der Waals surface area (Å²) in [6, 6.07) is 4.64. The Morgan fingerprint density at radius 1 is 1.27 bits per heavy atom. The number of thiophene rings is 1. The van der Waals surface area contributed by atoms with Crippen molar-refractivity contribution < 1.29 is 19.8 Å². The predicted molar refractivity (Wildman–Crippen MR) is 107 cm³/mol. The van der Waals surface area contributed by atoms with Gasteiger partial charge in [-0.25, -0.2) is 4.79 Å². The SMILES string of the molecule is O=C(O)c1c(Nn2c(=O)c2=O)sc2c1CCNC2CN1Cc2cccc(O)c2C1=O. The number of phenolic OH excluding ortho intramolecular Hbond substituents is 1. The quantitative estimate of drug-likeness (QED) is 0.425. The number of carboxylic acid groups (broad SMARTS) is 1. The van der Waals surface area contributed by atoms with E-state index in [0.29, 0.717) is 37.2 Å². The van der Waals surface area contributed by atoms with Gasteiger partial charge in [0.15, 0.2) is 0 Å². The van der Waals surface area contributed by atoms with Crippen molar-refractivity contribution in [1.82, 2.24) is 14.9 Å². The fourth-order valence-electron chi connectivity index (χ4n) is 4.04. The second kappa shape index (κ2) is 6.54. The lowest BCUT2D eigenvalue weighted by Crippen LogP contribution is -2.38. The third kappa shape index (κ3) is 2.74. The lowest BCUT2D eigenvalue weighted by atomic mass is 9.99. The smallest absolute Gasteiger partial charge is 0.340 e. The molecule has 0 aliphatic carbocycles. The molecule has 0 bridgehead atoms. The third-order valence-corrected chi connectivity index (χ3v) is 6.73. The molecular formula is C19H16N4O6S. The van der Waals surface area contributed by atoms with Gasteiger partial charge < -0.3 is 20.4 Å². The van der Waals surface area contributed by atoms with Crippen LogP contribution in [0.25, 0.3) is 0 Å². The fraction of sp³-hybridized carbons (Fsp3) is 0.263. The van der Waals surface area contributed by atoms with E-state index in [-0.39, 0.29) is 28.3 Å². The van der Waals surface area contributed by atoms with Gasteiger partial charge in [-0.15, -0.1) is 11.3 Å². The van der Waals surface area contributed by atoms with E-state index < -0.39 is 17.1 Å². The highest BCUT2D eigenvalue weighted by atomic mass is 32.1. The highest BCUT2D eigenvalue weighted by molar-refractivity contribution is 7.16. The maximum absolute atomic E-state index is 12.8. The van der Waals surface area contributed by atoms with E-state index in [1.165, 1.54) is 6.07 Å². The topological polar surface area (TPSA) is 141 Å². The number of aromatic hydroxyl groups is 1. The lowest BCUT2D eigenvalue weighted by Gasteiger charge is -2.28. The Morgan fingerprint density at radius 3 is 2.70 bits per heavy atom. The average Bonchev–Trinajstić information content (AvgIpc) is 3.04. The number of nitrogens with one attached hydrogen (secondary N) is 2. The molecule has 0 spiro atoms. The van der Waals surface area contributed by atoms with Gasteiger partial charge in [0.25, 0.3) is 5.91 Å². The first kappa shape index (κ1) is 18.6. The summed E-state index contributed by atoms with van der Waals surface area (Å²) in [7, 11) is 0. The zero-order valence-electron chi connectivity index (χ0n) is 15.5. The molecule has 5 rings (SSSR count). The molecule has 2 aliphatic heterocycles. The minimum Gasteiger partial charge on any atom is -0.507 e. The van der Waals surface area contributed by atoms with Crippen molar-refractivity contribution in [2.24, 2.45) is 0 Å². The maximum Gasteiger partial charge on any atom is 0.340 e. The third-order valence-electron chi connectivity index (χ3n) is 5.48. The highest BCUT2D eigenvalue weighted by Crippen LogP contribution is 2.40. The summed E-state index contributed by atoms with van der Waals surface area (Å²) >= 11 is 1.15. The number of carbonyl (C=O) groups excluding carboxylic acids is 1. The van der Waals surface area contributed by atoms with Crippen molar-refractivity contribution in [3.8, 4) is 5.75 Å². The summed E-state index contributed by atoms with van der Waals surface area (Å²) in [6.07, 6.45) is 0.475. The van der Waals surface area contributed by atoms with Gasteiger partial charge in [0.05, 0.1) is 17.2 Å². The van der Waals surface area contributed by atoms with Crippen molar-refractivity contribution >= 4 is 28.2 Å². The zero-order chi connectivity index (χ0) is 21.2. The van der Waals surface area contributed by atoms with Crippen LogP contribution in [0.15, 0.2) is 27.8 Å². The van der Waals surface area contributed by atoms with Crippen molar-refractivity contribution in [2.45, 2.75) is 19.0 Å².